The van der Waals surface area contributed by atoms with Crippen LogP contribution in [0.5, 0.6) is 0 Å². The van der Waals surface area contributed by atoms with Gasteiger partial charge in [-0.05, 0) is 6.42 Å². The molecule has 92 valence electrons. The van der Waals surface area contributed by atoms with Gasteiger partial charge in [-0.1, -0.05) is 51.9 Å². The standard InChI is InChI=1S/C12H24F2O/c1-2-3-4-5-6-7-8-9-10-15-11-12(13)14/h12H,2-11H2,1H3. The first-order valence-corrected chi connectivity index (χ1v) is 6.13. The molecule has 0 radical (unpaired) electrons. The van der Waals surface area contributed by atoms with Crippen molar-refractivity contribution in [2.45, 2.75) is 64.7 Å². The van der Waals surface area contributed by atoms with Gasteiger partial charge in [0.05, 0.1) is 0 Å². The van der Waals surface area contributed by atoms with E-state index in [1.165, 1.54) is 38.5 Å². The monoisotopic (exact) mass is 222 g/mol. The van der Waals surface area contributed by atoms with E-state index in [2.05, 4.69) is 6.92 Å². The van der Waals surface area contributed by atoms with E-state index in [1.54, 1.807) is 0 Å². The topological polar surface area (TPSA) is 9.23 Å². The summed E-state index contributed by atoms with van der Waals surface area (Å²) in [7, 11) is 0. The number of unbranched alkanes of at least 4 members (excludes halogenated alkanes) is 7. The molecule has 0 saturated heterocycles. The zero-order chi connectivity index (χ0) is 11.4. The van der Waals surface area contributed by atoms with Crippen LogP contribution in [0.3, 0.4) is 0 Å². The van der Waals surface area contributed by atoms with Crippen LogP contribution >= 0.6 is 0 Å². The first kappa shape index (κ1) is 14.8. The minimum Gasteiger partial charge on any atom is -0.376 e. The summed E-state index contributed by atoms with van der Waals surface area (Å²) in [5.41, 5.74) is 0. The Kier molecular flexibility index (Phi) is 11.7. The Bertz CT molecular complexity index is 118. The van der Waals surface area contributed by atoms with Crippen molar-refractivity contribution in [2.24, 2.45) is 0 Å². The average Bonchev–Trinajstić information content (AvgIpc) is 2.20. The first-order chi connectivity index (χ1) is 7.27. The van der Waals surface area contributed by atoms with Crippen LogP contribution in [-0.2, 0) is 4.74 Å². The molecule has 0 aromatic rings. The molecule has 0 aliphatic rings. The van der Waals surface area contributed by atoms with Crippen molar-refractivity contribution in [1.29, 1.82) is 0 Å². The first-order valence-electron chi connectivity index (χ1n) is 6.13. The van der Waals surface area contributed by atoms with E-state index in [4.69, 9.17) is 4.74 Å². The summed E-state index contributed by atoms with van der Waals surface area (Å²) in [6.07, 6.45) is 7.44. The molecule has 0 fully saturated rings. The largest absolute Gasteiger partial charge is 0.376 e. The van der Waals surface area contributed by atoms with Gasteiger partial charge in [-0.2, -0.15) is 0 Å². The van der Waals surface area contributed by atoms with Crippen molar-refractivity contribution in [3.63, 3.8) is 0 Å². The summed E-state index contributed by atoms with van der Waals surface area (Å²) in [6.45, 7) is 2.29. The molecule has 0 spiro atoms. The molecule has 15 heavy (non-hydrogen) atoms. The lowest BCUT2D eigenvalue weighted by Crippen LogP contribution is -2.05. The number of halogens is 2. The van der Waals surface area contributed by atoms with Gasteiger partial charge in [0.25, 0.3) is 6.43 Å². The summed E-state index contributed by atoms with van der Waals surface area (Å²) in [5.74, 6) is 0. The molecule has 1 nitrogen and oxygen atoms in total. The van der Waals surface area contributed by atoms with Crippen LogP contribution in [0.1, 0.15) is 58.3 Å². The molecule has 0 rings (SSSR count). The highest BCUT2D eigenvalue weighted by atomic mass is 19.3. The number of ether oxygens (including phenoxy) is 1. The van der Waals surface area contributed by atoms with Gasteiger partial charge < -0.3 is 4.74 Å². The van der Waals surface area contributed by atoms with Crippen LogP contribution < -0.4 is 0 Å². The van der Waals surface area contributed by atoms with Gasteiger partial charge in [-0.15, -0.1) is 0 Å². The fourth-order valence-electron chi connectivity index (χ4n) is 1.51. The zero-order valence-electron chi connectivity index (χ0n) is 9.81. The van der Waals surface area contributed by atoms with E-state index in [0.717, 1.165) is 12.8 Å². The maximum Gasteiger partial charge on any atom is 0.261 e. The van der Waals surface area contributed by atoms with Crippen molar-refractivity contribution in [2.75, 3.05) is 13.2 Å². The number of rotatable bonds is 11. The van der Waals surface area contributed by atoms with Crippen molar-refractivity contribution in [3.05, 3.63) is 0 Å². The van der Waals surface area contributed by atoms with Crippen LogP contribution in [0.25, 0.3) is 0 Å². The van der Waals surface area contributed by atoms with Crippen LogP contribution in [0, 0.1) is 0 Å². The van der Waals surface area contributed by atoms with Crippen LogP contribution in [0.15, 0.2) is 0 Å². The van der Waals surface area contributed by atoms with Crippen molar-refractivity contribution in [1.82, 2.24) is 0 Å². The molecule has 3 heteroatoms. The smallest absolute Gasteiger partial charge is 0.261 e. The van der Waals surface area contributed by atoms with Crippen molar-refractivity contribution < 1.29 is 13.5 Å². The third kappa shape index (κ3) is 13.8. The SMILES string of the molecule is CCCCCCCCCCOCC(F)F. The van der Waals surface area contributed by atoms with Crippen LogP contribution in [0.4, 0.5) is 8.78 Å². The van der Waals surface area contributed by atoms with Gasteiger partial charge in [-0.25, -0.2) is 8.78 Å². The minimum absolute atomic E-state index is 0.406. The van der Waals surface area contributed by atoms with E-state index >= 15 is 0 Å². The summed E-state index contributed by atoms with van der Waals surface area (Å²) < 4.78 is 28.1. The third-order valence-electron chi connectivity index (χ3n) is 2.39. The molecular weight excluding hydrogens is 198 g/mol. The Morgan fingerprint density at radius 2 is 1.40 bits per heavy atom. The minimum atomic E-state index is -2.32. The molecule has 0 atom stereocenters. The van der Waals surface area contributed by atoms with Gasteiger partial charge in [-0.3, -0.25) is 0 Å². The molecule has 0 amide bonds. The predicted molar refractivity (Wildman–Crippen MR) is 59.4 cm³/mol. The van der Waals surface area contributed by atoms with E-state index in [-0.39, 0.29) is 0 Å². The van der Waals surface area contributed by atoms with E-state index < -0.39 is 13.0 Å². The quantitative estimate of drug-likeness (QED) is 0.470. The van der Waals surface area contributed by atoms with Gasteiger partial charge in [0.15, 0.2) is 0 Å². The van der Waals surface area contributed by atoms with Crippen LogP contribution in [-0.4, -0.2) is 19.6 Å². The third-order valence-corrected chi connectivity index (χ3v) is 2.39. The number of hydrogen-bond donors (Lipinski definition) is 0. The summed E-state index contributed by atoms with van der Waals surface area (Å²) in [4.78, 5) is 0. The highest BCUT2D eigenvalue weighted by Gasteiger charge is 2.00. The van der Waals surface area contributed by atoms with Crippen LogP contribution in [0.2, 0.25) is 0 Å². The molecular formula is C12H24F2O. The Hall–Kier alpha value is -0.180. The second kappa shape index (κ2) is 11.9. The molecule has 0 aromatic heterocycles. The zero-order valence-corrected chi connectivity index (χ0v) is 9.81. The number of hydrogen-bond acceptors (Lipinski definition) is 1. The Morgan fingerprint density at radius 3 is 1.93 bits per heavy atom. The van der Waals surface area contributed by atoms with Gasteiger partial charge in [0.2, 0.25) is 0 Å². The number of alkyl halides is 2. The maximum atomic E-state index is 11.7. The van der Waals surface area contributed by atoms with Crippen molar-refractivity contribution >= 4 is 0 Å². The van der Waals surface area contributed by atoms with Gasteiger partial charge >= 0.3 is 0 Å². The lowest BCUT2D eigenvalue weighted by molar-refractivity contribution is 0.0162. The molecule has 0 heterocycles. The van der Waals surface area contributed by atoms with Crippen molar-refractivity contribution in [3.8, 4) is 0 Å². The van der Waals surface area contributed by atoms with E-state index in [1.807, 2.05) is 0 Å². The highest BCUT2D eigenvalue weighted by Crippen LogP contribution is 2.08. The normalized spacial score (nSPS) is 11.2. The molecule has 0 aliphatic heterocycles. The summed E-state index contributed by atoms with van der Waals surface area (Å²) >= 11 is 0. The lowest BCUT2D eigenvalue weighted by Gasteiger charge is -2.03. The van der Waals surface area contributed by atoms with Gasteiger partial charge in [0.1, 0.15) is 6.61 Å². The molecule has 0 N–H and O–H groups in total. The maximum absolute atomic E-state index is 11.7. The predicted octanol–water partition coefficient (Wildman–Crippen LogP) is 4.41. The molecule has 0 unspecified atom stereocenters. The van der Waals surface area contributed by atoms with Gasteiger partial charge in [0, 0.05) is 6.61 Å². The lowest BCUT2D eigenvalue weighted by atomic mass is 10.1. The fourth-order valence-corrected chi connectivity index (χ4v) is 1.51. The molecule has 0 aliphatic carbocycles. The van der Waals surface area contributed by atoms with E-state index in [0.29, 0.717) is 6.61 Å². The van der Waals surface area contributed by atoms with E-state index in [9.17, 15) is 8.78 Å². The second-order valence-electron chi connectivity index (χ2n) is 3.94. The Labute approximate surface area is 92.2 Å². The average molecular weight is 222 g/mol. The summed E-state index contributed by atoms with van der Waals surface area (Å²) in [6, 6.07) is 0. The molecule has 0 bridgehead atoms. The summed E-state index contributed by atoms with van der Waals surface area (Å²) in [5, 5.41) is 0. The molecule has 0 aromatic carbocycles. The Balaban J connectivity index is 2.87. The second-order valence-corrected chi connectivity index (χ2v) is 3.94. The highest BCUT2D eigenvalue weighted by molar-refractivity contribution is 4.46. The molecule has 0 saturated carbocycles. The Morgan fingerprint density at radius 1 is 0.867 bits per heavy atom. The fraction of sp³-hybridized carbons (Fsp3) is 1.00.